The highest BCUT2D eigenvalue weighted by Gasteiger charge is 2.24. The van der Waals surface area contributed by atoms with Crippen molar-refractivity contribution in [2.24, 2.45) is 4.99 Å². The standard InChI is InChI=1S/C11H21N3O/c1-7-8-14(9-12-5)10(15)13(6)11(2,3)4/h7-9H,1-6H3/b8-7-,12-9?. The Morgan fingerprint density at radius 1 is 1.33 bits per heavy atom. The second-order valence-corrected chi connectivity index (χ2v) is 4.28. The molecule has 4 nitrogen and oxygen atoms in total. The summed E-state index contributed by atoms with van der Waals surface area (Å²) in [6.45, 7) is 7.83. The van der Waals surface area contributed by atoms with Gasteiger partial charge in [-0.3, -0.25) is 9.89 Å². The van der Waals surface area contributed by atoms with Crippen molar-refractivity contribution in [3.8, 4) is 0 Å². The topological polar surface area (TPSA) is 35.9 Å². The zero-order valence-corrected chi connectivity index (χ0v) is 10.5. The molecule has 0 bridgehead atoms. The number of urea groups is 1. The number of allylic oxidation sites excluding steroid dienone is 1. The summed E-state index contributed by atoms with van der Waals surface area (Å²) in [6.07, 6.45) is 5.00. The summed E-state index contributed by atoms with van der Waals surface area (Å²) in [5.74, 6) is 0. The summed E-state index contributed by atoms with van der Waals surface area (Å²) < 4.78 is 0. The van der Waals surface area contributed by atoms with E-state index in [0.29, 0.717) is 0 Å². The summed E-state index contributed by atoms with van der Waals surface area (Å²) in [7, 11) is 3.42. The Hall–Kier alpha value is -1.32. The van der Waals surface area contributed by atoms with Gasteiger partial charge in [0.15, 0.2) is 0 Å². The molecule has 0 aromatic heterocycles. The molecule has 0 atom stereocenters. The van der Waals surface area contributed by atoms with Crippen molar-refractivity contribution in [1.82, 2.24) is 9.80 Å². The molecule has 0 heterocycles. The molecule has 0 aliphatic carbocycles. The maximum absolute atomic E-state index is 12.0. The first kappa shape index (κ1) is 13.7. The maximum atomic E-state index is 12.0. The normalized spacial score (nSPS) is 12.4. The van der Waals surface area contributed by atoms with Crippen LogP contribution in [0.4, 0.5) is 4.79 Å². The Kier molecular flexibility index (Phi) is 5.05. The molecule has 0 radical (unpaired) electrons. The molecule has 0 aromatic carbocycles. The Bertz CT molecular complexity index is 251. The van der Waals surface area contributed by atoms with E-state index in [4.69, 9.17) is 0 Å². The number of amides is 2. The Morgan fingerprint density at radius 3 is 2.20 bits per heavy atom. The predicted molar refractivity (Wildman–Crippen MR) is 64.0 cm³/mol. The van der Waals surface area contributed by atoms with E-state index in [1.165, 1.54) is 11.2 Å². The highest BCUT2D eigenvalue weighted by molar-refractivity contribution is 5.88. The summed E-state index contributed by atoms with van der Waals surface area (Å²) in [5, 5.41) is 0. The predicted octanol–water partition coefficient (Wildman–Crippen LogP) is 2.33. The van der Waals surface area contributed by atoms with Crippen molar-refractivity contribution in [1.29, 1.82) is 0 Å². The summed E-state index contributed by atoms with van der Waals surface area (Å²) in [6, 6.07) is -0.0915. The lowest BCUT2D eigenvalue weighted by Gasteiger charge is -2.34. The number of rotatable bonds is 2. The fourth-order valence-electron chi connectivity index (χ4n) is 0.897. The van der Waals surface area contributed by atoms with Gasteiger partial charge in [0, 0.05) is 25.8 Å². The molecule has 0 aromatic rings. The van der Waals surface area contributed by atoms with Gasteiger partial charge in [0.2, 0.25) is 0 Å². The SMILES string of the molecule is C/C=C\N(C=NC)C(=O)N(C)C(C)(C)C. The molecular weight excluding hydrogens is 190 g/mol. The Labute approximate surface area is 92.3 Å². The average Bonchev–Trinajstić information content (AvgIpc) is 2.14. The van der Waals surface area contributed by atoms with Crippen LogP contribution in [0.5, 0.6) is 0 Å². The van der Waals surface area contributed by atoms with Gasteiger partial charge in [-0.25, -0.2) is 4.79 Å². The van der Waals surface area contributed by atoms with E-state index < -0.39 is 0 Å². The molecule has 86 valence electrons. The average molecular weight is 211 g/mol. The molecule has 0 aliphatic rings. The highest BCUT2D eigenvalue weighted by Crippen LogP contribution is 2.12. The Morgan fingerprint density at radius 2 is 1.87 bits per heavy atom. The number of carbonyl (C=O) groups excluding carboxylic acids is 1. The first-order valence-corrected chi connectivity index (χ1v) is 4.95. The van der Waals surface area contributed by atoms with Crippen LogP contribution in [-0.4, -0.2) is 41.8 Å². The third-order valence-electron chi connectivity index (χ3n) is 2.06. The van der Waals surface area contributed by atoms with Gasteiger partial charge in [0.05, 0.1) is 6.34 Å². The molecule has 0 saturated carbocycles. The van der Waals surface area contributed by atoms with Crippen LogP contribution in [0.2, 0.25) is 0 Å². The maximum Gasteiger partial charge on any atom is 0.329 e. The zero-order chi connectivity index (χ0) is 12.1. The van der Waals surface area contributed by atoms with Gasteiger partial charge in [-0.2, -0.15) is 0 Å². The second-order valence-electron chi connectivity index (χ2n) is 4.28. The number of nitrogens with zero attached hydrogens (tertiary/aromatic N) is 3. The molecule has 15 heavy (non-hydrogen) atoms. The zero-order valence-electron chi connectivity index (χ0n) is 10.5. The van der Waals surface area contributed by atoms with Crippen molar-refractivity contribution in [2.45, 2.75) is 33.2 Å². The van der Waals surface area contributed by atoms with E-state index in [-0.39, 0.29) is 11.6 Å². The molecule has 0 unspecified atom stereocenters. The van der Waals surface area contributed by atoms with E-state index in [1.54, 1.807) is 31.3 Å². The van der Waals surface area contributed by atoms with Crippen molar-refractivity contribution in [2.75, 3.05) is 14.1 Å². The minimum absolute atomic E-state index is 0.0915. The van der Waals surface area contributed by atoms with Gasteiger partial charge in [-0.15, -0.1) is 0 Å². The number of hydrogen-bond donors (Lipinski definition) is 0. The molecule has 4 heteroatoms. The fourth-order valence-corrected chi connectivity index (χ4v) is 0.897. The third kappa shape index (κ3) is 4.14. The van der Waals surface area contributed by atoms with Crippen LogP contribution in [-0.2, 0) is 0 Å². The van der Waals surface area contributed by atoms with Crippen molar-refractivity contribution in [3.05, 3.63) is 12.3 Å². The molecule has 0 N–H and O–H groups in total. The summed E-state index contributed by atoms with van der Waals surface area (Å²) in [5.41, 5.74) is -0.196. The summed E-state index contributed by atoms with van der Waals surface area (Å²) >= 11 is 0. The van der Waals surface area contributed by atoms with E-state index >= 15 is 0 Å². The minimum Gasteiger partial charge on any atom is -0.322 e. The lowest BCUT2D eigenvalue weighted by Crippen LogP contribution is -2.47. The smallest absolute Gasteiger partial charge is 0.322 e. The largest absolute Gasteiger partial charge is 0.329 e. The monoisotopic (exact) mass is 211 g/mol. The molecule has 0 spiro atoms. The summed E-state index contributed by atoms with van der Waals surface area (Å²) in [4.78, 5) is 19.0. The van der Waals surface area contributed by atoms with Gasteiger partial charge >= 0.3 is 6.03 Å². The third-order valence-corrected chi connectivity index (χ3v) is 2.06. The van der Waals surface area contributed by atoms with Gasteiger partial charge in [0.25, 0.3) is 0 Å². The quantitative estimate of drug-likeness (QED) is 0.510. The number of hydrogen-bond acceptors (Lipinski definition) is 2. The van der Waals surface area contributed by atoms with Gasteiger partial charge in [-0.1, -0.05) is 6.08 Å². The molecule has 2 amide bonds. The van der Waals surface area contributed by atoms with E-state index in [2.05, 4.69) is 4.99 Å². The fraction of sp³-hybridized carbons (Fsp3) is 0.636. The number of carbonyl (C=O) groups is 1. The van der Waals surface area contributed by atoms with Gasteiger partial charge in [0.1, 0.15) is 0 Å². The van der Waals surface area contributed by atoms with Crippen LogP contribution in [0.15, 0.2) is 17.3 Å². The van der Waals surface area contributed by atoms with Crippen LogP contribution in [0.3, 0.4) is 0 Å². The molecule has 0 rings (SSSR count). The molecular formula is C11H21N3O. The van der Waals surface area contributed by atoms with Crippen LogP contribution < -0.4 is 0 Å². The second kappa shape index (κ2) is 5.53. The minimum atomic E-state index is -0.196. The lowest BCUT2D eigenvalue weighted by molar-refractivity contribution is 0.154. The Balaban J connectivity index is 4.79. The highest BCUT2D eigenvalue weighted by atomic mass is 16.2. The molecule has 0 fully saturated rings. The van der Waals surface area contributed by atoms with Crippen LogP contribution in [0.1, 0.15) is 27.7 Å². The van der Waals surface area contributed by atoms with Crippen LogP contribution >= 0.6 is 0 Å². The van der Waals surface area contributed by atoms with Crippen LogP contribution in [0.25, 0.3) is 0 Å². The van der Waals surface area contributed by atoms with E-state index in [9.17, 15) is 4.79 Å². The van der Waals surface area contributed by atoms with Gasteiger partial charge in [-0.05, 0) is 27.7 Å². The van der Waals surface area contributed by atoms with E-state index in [1.807, 2.05) is 27.7 Å². The first-order valence-electron chi connectivity index (χ1n) is 4.95. The molecule has 0 saturated heterocycles. The van der Waals surface area contributed by atoms with Crippen molar-refractivity contribution in [3.63, 3.8) is 0 Å². The van der Waals surface area contributed by atoms with Crippen molar-refractivity contribution >= 4 is 12.4 Å². The van der Waals surface area contributed by atoms with Crippen molar-refractivity contribution < 1.29 is 4.79 Å². The van der Waals surface area contributed by atoms with Crippen LogP contribution in [0, 0.1) is 0 Å². The first-order chi connectivity index (χ1) is 6.84. The number of aliphatic imine (C=N–C) groups is 1. The van der Waals surface area contributed by atoms with Gasteiger partial charge < -0.3 is 4.90 Å². The van der Waals surface area contributed by atoms with E-state index in [0.717, 1.165) is 0 Å². The molecule has 0 aliphatic heterocycles. The lowest BCUT2D eigenvalue weighted by atomic mass is 10.1.